The van der Waals surface area contributed by atoms with E-state index >= 15 is 0 Å². The van der Waals surface area contributed by atoms with Gasteiger partial charge in [0.15, 0.2) is 5.78 Å². The number of carbonyl (C=O) groups excluding carboxylic acids is 3. The number of ether oxygens (including phenoxy) is 1. The van der Waals surface area contributed by atoms with Crippen LogP contribution in [0.2, 0.25) is 0 Å². The maximum absolute atomic E-state index is 12.8. The van der Waals surface area contributed by atoms with Crippen molar-refractivity contribution in [3.05, 3.63) is 47.0 Å². The molecule has 1 aromatic rings. The predicted octanol–water partition coefficient (Wildman–Crippen LogP) is 2.64. The van der Waals surface area contributed by atoms with Crippen LogP contribution >= 0.6 is 0 Å². The van der Waals surface area contributed by atoms with Crippen LogP contribution in [0.25, 0.3) is 0 Å². The molecule has 0 aliphatic carbocycles. The molecule has 0 spiro atoms. The molecule has 1 aromatic carbocycles. The maximum Gasteiger partial charge on any atom is 0.311 e. The van der Waals surface area contributed by atoms with E-state index < -0.39 is 12.0 Å². The second-order valence-electron chi connectivity index (χ2n) is 7.24. The Hall–Kier alpha value is -2.43. The average molecular weight is 355 g/mol. The highest BCUT2D eigenvalue weighted by molar-refractivity contribution is 6.11. The molecule has 0 N–H and O–H groups in total. The zero-order valence-electron chi connectivity index (χ0n) is 15.5. The Morgan fingerprint density at radius 2 is 1.92 bits per heavy atom. The van der Waals surface area contributed by atoms with Crippen LogP contribution in [-0.2, 0) is 25.5 Å². The van der Waals surface area contributed by atoms with E-state index in [0.29, 0.717) is 30.9 Å². The van der Waals surface area contributed by atoms with Crippen LogP contribution < -0.4 is 0 Å². The Bertz CT molecular complexity index is 748. The third-order valence-electron chi connectivity index (χ3n) is 5.17. The lowest BCUT2D eigenvalue weighted by molar-refractivity contribution is -0.151. The Morgan fingerprint density at radius 1 is 1.23 bits per heavy atom. The summed E-state index contributed by atoms with van der Waals surface area (Å²) >= 11 is 0. The quantitative estimate of drug-likeness (QED) is 0.762. The molecular weight excluding hydrogens is 330 g/mol. The third-order valence-corrected chi connectivity index (χ3v) is 5.17. The minimum absolute atomic E-state index is 0.144. The van der Waals surface area contributed by atoms with Crippen LogP contribution in [-0.4, -0.2) is 41.8 Å². The van der Waals surface area contributed by atoms with Gasteiger partial charge in [-0.3, -0.25) is 14.4 Å². The van der Waals surface area contributed by atoms with E-state index in [1.54, 1.807) is 11.8 Å². The monoisotopic (exact) mass is 355 g/mol. The number of rotatable bonds is 5. The Morgan fingerprint density at radius 3 is 2.54 bits per heavy atom. The molecule has 1 saturated heterocycles. The fourth-order valence-corrected chi connectivity index (χ4v) is 3.74. The number of carbonyl (C=O) groups is 3. The second kappa shape index (κ2) is 7.44. The second-order valence-corrected chi connectivity index (χ2v) is 7.24. The highest BCUT2D eigenvalue weighted by Crippen LogP contribution is 2.32. The number of benzene rings is 1. The summed E-state index contributed by atoms with van der Waals surface area (Å²) in [6.45, 7) is 6.70. The first-order valence-electron chi connectivity index (χ1n) is 9.23. The lowest BCUT2D eigenvalue weighted by atomic mass is 9.90. The van der Waals surface area contributed by atoms with Gasteiger partial charge in [0, 0.05) is 18.5 Å². The highest BCUT2D eigenvalue weighted by Gasteiger charge is 2.48. The maximum atomic E-state index is 12.8. The fourth-order valence-electron chi connectivity index (χ4n) is 3.74. The van der Waals surface area contributed by atoms with Crippen LogP contribution in [0, 0.1) is 5.92 Å². The molecule has 3 rings (SSSR count). The third kappa shape index (κ3) is 3.43. The minimum atomic E-state index is -0.700. The topological polar surface area (TPSA) is 63.7 Å². The Labute approximate surface area is 154 Å². The van der Waals surface area contributed by atoms with Gasteiger partial charge in [-0.05, 0) is 36.5 Å². The Kier molecular flexibility index (Phi) is 5.25. The molecule has 0 saturated carbocycles. The molecule has 0 aromatic heterocycles. The van der Waals surface area contributed by atoms with Crippen molar-refractivity contribution in [3.63, 3.8) is 0 Å². The lowest BCUT2D eigenvalue weighted by Crippen LogP contribution is -2.48. The van der Waals surface area contributed by atoms with E-state index in [-0.39, 0.29) is 24.3 Å². The number of nitrogens with zero attached hydrogens (tertiary/aromatic N) is 1. The SMILES string of the molecule is CCOC(=O)C1CCN2C(=O)C(Cc3ccc(C(C)C)cc3)=CC(=O)C12. The van der Waals surface area contributed by atoms with Crippen LogP contribution in [0.3, 0.4) is 0 Å². The van der Waals surface area contributed by atoms with Crippen LogP contribution in [0.1, 0.15) is 44.2 Å². The molecule has 2 unspecified atom stereocenters. The molecule has 2 heterocycles. The number of amides is 1. The van der Waals surface area contributed by atoms with Crippen molar-refractivity contribution in [2.45, 2.75) is 45.6 Å². The summed E-state index contributed by atoms with van der Waals surface area (Å²) in [5.74, 6) is -0.800. The summed E-state index contributed by atoms with van der Waals surface area (Å²) < 4.78 is 5.06. The molecule has 5 heteroatoms. The molecule has 0 radical (unpaired) electrons. The van der Waals surface area contributed by atoms with Crippen LogP contribution in [0.4, 0.5) is 0 Å². The summed E-state index contributed by atoms with van der Waals surface area (Å²) in [4.78, 5) is 39.0. The first-order chi connectivity index (χ1) is 12.4. The van der Waals surface area contributed by atoms with Gasteiger partial charge in [-0.15, -0.1) is 0 Å². The number of hydrogen-bond donors (Lipinski definition) is 0. The summed E-state index contributed by atoms with van der Waals surface area (Å²) in [6, 6.07) is 7.43. The number of hydrogen-bond acceptors (Lipinski definition) is 4. The van der Waals surface area contributed by atoms with Gasteiger partial charge < -0.3 is 9.64 Å². The molecule has 0 bridgehead atoms. The van der Waals surface area contributed by atoms with Gasteiger partial charge in [-0.2, -0.15) is 0 Å². The van der Waals surface area contributed by atoms with Gasteiger partial charge >= 0.3 is 5.97 Å². The largest absolute Gasteiger partial charge is 0.466 e. The van der Waals surface area contributed by atoms with Gasteiger partial charge in [0.2, 0.25) is 0 Å². The van der Waals surface area contributed by atoms with Gasteiger partial charge in [-0.1, -0.05) is 38.1 Å². The summed E-state index contributed by atoms with van der Waals surface area (Å²) in [5.41, 5.74) is 2.74. The molecule has 2 atom stereocenters. The summed E-state index contributed by atoms with van der Waals surface area (Å²) in [6.07, 6.45) is 2.33. The Balaban J connectivity index is 1.78. The van der Waals surface area contributed by atoms with Gasteiger partial charge in [0.1, 0.15) is 6.04 Å². The minimum Gasteiger partial charge on any atom is -0.466 e. The predicted molar refractivity (Wildman–Crippen MR) is 97.6 cm³/mol. The van der Waals surface area contributed by atoms with Crippen LogP contribution in [0.5, 0.6) is 0 Å². The van der Waals surface area contributed by atoms with Gasteiger partial charge in [0.05, 0.1) is 12.5 Å². The van der Waals surface area contributed by atoms with Crippen LogP contribution in [0.15, 0.2) is 35.9 Å². The normalized spacial score (nSPS) is 22.5. The lowest BCUT2D eigenvalue weighted by Gasteiger charge is -2.30. The number of esters is 1. The molecule has 5 nitrogen and oxygen atoms in total. The standard InChI is InChI=1S/C21H25NO4/c1-4-26-21(25)17-9-10-22-19(17)18(23)12-16(20(22)24)11-14-5-7-15(8-6-14)13(2)3/h5-8,12-13,17,19H,4,9-11H2,1-3H3. The van der Waals surface area contributed by atoms with Crippen molar-refractivity contribution < 1.29 is 19.1 Å². The zero-order chi connectivity index (χ0) is 18.8. The highest BCUT2D eigenvalue weighted by atomic mass is 16.5. The van der Waals surface area contributed by atoms with Crippen molar-refractivity contribution in [2.24, 2.45) is 5.92 Å². The average Bonchev–Trinajstić information content (AvgIpc) is 3.06. The first kappa shape index (κ1) is 18.4. The van der Waals surface area contributed by atoms with E-state index in [9.17, 15) is 14.4 Å². The van der Waals surface area contributed by atoms with E-state index in [1.165, 1.54) is 11.6 Å². The molecular formula is C21H25NO4. The van der Waals surface area contributed by atoms with Gasteiger partial charge in [0.25, 0.3) is 5.91 Å². The van der Waals surface area contributed by atoms with Crippen molar-refractivity contribution in [1.29, 1.82) is 0 Å². The number of ketones is 1. The number of fused-ring (bicyclic) bond motifs is 1. The smallest absolute Gasteiger partial charge is 0.311 e. The molecule has 26 heavy (non-hydrogen) atoms. The molecule has 2 aliphatic rings. The zero-order valence-corrected chi connectivity index (χ0v) is 15.5. The molecule has 2 aliphatic heterocycles. The molecule has 1 amide bonds. The van der Waals surface area contributed by atoms with E-state index in [2.05, 4.69) is 26.0 Å². The molecule has 138 valence electrons. The van der Waals surface area contributed by atoms with Crippen molar-refractivity contribution in [1.82, 2.24) is 4.90 Å². The molecule has 1 fully saturated rings. The van der Waals surface area contributed by atoms with Gasteiger partial charge in [-0.25, -0.2) is 0 Å². The van der Waals surface area contributed by atoms with E-state index in [0.717, 1.165) is 5.56 Å². The summed E-state index contributed by atoms with van der Waals surface area (Å²) in [5, 5.41) is 0. The van der Waals surface area contributed by atoms with Crippen molar-refractivity contribution in [3.8, 4) is 0 Å². The van der Waals surface area contributed by atoms with E-state index in [1.807, 2.05) is 12.1 Å². The fraction of sp³-hybridized carbons (Fsp3) is 0.476. The first-order valence-corrected chi connectivity index (χ1v) is 9.23. The van der Waals surface area contributed by atoms with Crippen molar-refractivity contribution in [2.75, 3.05) is 13.2 Å². The van der Waals surface area contributed by atoms with Crippen molar-refractivity contribution >= 4 is 17.7 Å². The van der Waals surface area contributed by atoms with E-state index in [4.69, 9.17) is 4.74 Å². The summed E-state index contributed by atoms with van der Waals surface area (Å²) in [7, 11) is 0.